The second-order valence-electron chi connectivity index (χ2n) is 3.71. The molecule has 0 saturated heterocycles. The molecule has 0 radical (unpaired) electrons. The SMILES string of the molecule is CCCCCP(=O)(O)CCCCC. The van der Waals surface area contributed by atoms with E-state index < -0.39 is 7.37 Å². The molecule has 0 unspecified atom stereocenters. The van der Waals surface area contributed by atoms with Crippen molar-refractivity contribution in [3.8, 4) is 0 Å². The van der Waals surface area contributed by atoms with E-state index in [-0.39, 0.29) is 0 Å². The first-order chi connectivity index (χ1) is 6.12. The molecular weight excluding hydrogens is 183 g/mol. The summed E-state index contributed by atoms with van der Waals surface area (Å²) in [7, 11) is -2.75. The molecule has 0 saturated carbocycles. The first kappa shape index (κ1) is 13.2. The average Bonchev–Trinajstić information content (AvgIpc) is 2.05. The minimum Gasteiger partial charge on any atom is -0.344 e. The Hall–Kier alpha value is 0.190. The highest BCUT2D eigenvalue weighted by Gasteiger charge is 2.15. The molecule has 0 bridgehead atoms. The van der Waals surface area contributed by atoms with E-state index >= 15 is 0 Å². The van der Waals surface area contributed by atoms with E-state index in [9.17, 15) is 9.46 Å². The molecule has 13 heavy (non-hydrogen) atoms. The average molecular weight is 206 g/mol. The largest absolute Gasteiger partial charge is 0.344 e. The van der Waals surface area contributed by atoms with Crippen LogP contribution in [-0.4, -0.2) is 17.2 Å². The molecule has 0 aromatic carbocycles. The number of rotatable bonds is 8. The first-order valence-electron chi connectivity index (χ1n) is 5.43. The van der Waals surface area contributed by atoms with Crippen molar-refractivity contribution in [2.24, 2.45) is 0 Å². The zero-order valence-electron chi connectivity index (χ0n) is 8.96. The molecule has 0 aromatic rings. The number of unbranched alkanes of at least 4 members (excludes halogenated alkanes) is 4. The Kier molecular flexibility index (Phi) is 7.69. The summed E-state index contributed by atoms with van der Waals surface area (Å²) in [5.74, 6) is 0. The maximum atomic E-state index is 11.5. The quantitative estimate of drug-likeness (QED) is 0.486. The third-order valence-electron chi connectivity index (χ3n) is 2.22. The van der Waals surface area contributed by atoms with E-state index in [0.717, 1.165) is 38.5 Å². The van der Waals surface area contributed by atoms with Crippen LogP contribution in [0.4, 0.5) is 0 Å². The molecule has 0 rings (SSSR count). The summed E-state index contributed by atoms with van der Waals surface area (Å²) in [5, 5.41) is 0. The molecule has 0 atom stereocenters. The molecule has 0 heterocycles. The molecule has 0 fully saturated rings. The van der Waals surface area contributed by atoms with Gasteiger partial charge in [0.25, 0.3) is 0 Å². The van der Waals surface area contributed by atoms with Gasteiger partial charge in [-0.3, -0.25) is 4.57 Å². The van der Waals surface area contributed by atoms with E-state index in [1.165, 1.54) is 0 Å². The summed E-state index contributed by atoms with van der Waals surface area (Å²) in [6.45, 7) is 4.22. The van der Waals surface area contributed by atoms with E-state index in [2.05, 4.69) is 13.8 Å². The standard InChI is InChI=1S/C10H23O2P/c1-3-5-7-9-13(11,12)10-8-6-4-2/h3-10H2,1-2H3,(H,11,12). The molecule has 1 N–H and O–H groups in total. The van der Waals surface area contributed by atoms with Gasteiger partial charge in [0.1, 0.15) is 0 Å². The van der Waals surface area contributed by atoms with Crippen LogP contribution in [0.5, 0.6) is 0 Å². The highest BCUT2D eigenvalue weighted by molar-refractivity contribution is 7.57. The van der Waals surface area contributed by atoms with Crippen molar-refractivity contribution in [2.75, 3.05) is 12.3 Å². The Morgan fingerprint density at radius 3 is 1.62 bits per heavy atom. The van der Waals surface area contributed by atoms with Crippen LogP contribution in [0.2, 0.25) is 0 Å². The Labute approximate surface area is 82.2 Å². The summed E-state index contributed by atoms with van der Waals surface area (Å²) in [5.41, 5.74) is 0. The van der Waals surface area contributed by atoms with Crippen molar-refractivity contribution in [3.05, 3.63) is 0 Å². The highest BCUT2D eigenvalue weighted by atomic mass is 31.2. The van der Waals surface area contributed by atoms with Crippen LogP contribution in [0.25, 0.3) is 0 Å². The number of hydrogen-bond donors (Lipinski definition) is 1. The second-order valence-corrected chi connectivity index (χ2v) is 6.29. The molecule has 0 aliphatic carbocycles. The first-order valence-corrected chi connectivity index (χ1v) is 7.46. The Morgan fingerprint density at radius 2 is 1.31 bits per heavy atom. The van der Waals surface area contributed by atoms with Crippen molar-refractivity contribution in [3.63, 3.8) is 0 Å². The molecule has 3 heteroatoms. The second kappa shape index (κ2) is 7.58. The summed E-state index contributed by atoms with van der Waals surface area (Å²) in [6, 6.07) is 0. The van der Waals surface area contributed by atoms with Crippen LogP contribution >= 0.6 is 7.37 Å². The van der Waals surface area contributed by atoms with Gasteiger partial charge in [0.15, 0.2) is 0 Å². The molecular formula is C10H23O2P. The third kappa shape index (κ3) is 8.52. The molecule has 80 valence electrons. The van der Waals surface area contributed by atoms with Crippen LogP contribution in [0, 0.1) is 0 Å². The van der Waals surface area contributed by atoms with Crippen LogP contribution in [0.3, 0.4) is 0 Å². The predicted molar refractivity (Wildman–Crippen MR) is 58.6 cm³/mol. The van der Waals surface area contributed by atoms with Crippen molar-refractivity contribution in [1.29, 1.82) is 0 Å². The van der Waals surface area contributed by atoms with Gasteiger partial charge in [-0.2, -0.15) is 0 Å². The molecule has 0 aliphatic rings. The Balaban J connectivity index is 3.49. The fourth-order valence-corrected chi connectivity index (χ4v) is 2.99. The van der Waals surface area contributed by atoms with Crippen molar-refractivity contribution < 1.29 is 9.46 Å². The third-order valence-corrected chi connectivity index (χ3v) is 4.25. The summed E-state index contributed by atoms with van der Waals surface area (Å²) < 4.78 is 11.5. The van der Waals surface area contributed by atoms with Gasteiger partial charge in [0.2, 0.25) is 7.37 Å². The Bertz CT molecular complexity index is 143. The van der Waals surface area contributed by atoms with Gasteiger partial charge in [-0.25, -0.2) is 0 Å². The fourth-order valence-electron chi connectivity index (χ4n) is 1.33. The lowest BCUT2D eigenvalue weighted by Gasteiger charge is -2.10. The topological polar surface area (TPSA) is 37.3 Å². The van der Waals surface area contributed by atoms with Gasteiger partial charge >= 0.3 is 0 Å². The molecule has 0 aromatic heterocycles. The normalized spacial score (nSPS) is 11.9. The van der Waals surface area contributed by atoms with Crippen LogP contribution in [0.15, 0.2) is 0 Å². The van der Waals surface area contributed by atoms with Crippen LogP contribution in [-0.2, 0) is 4.57 Å². The van der Waals surface area contributed by atoms with Gasteiger partial charge in [-0.15, -0.1) is 0 Å². The minimum absolute atomic E-state index is 0.532. The molecule has 2 nitrogen and oxygen atoms in total. The smallest absolute Gasteiger partial charge is 0.200 e. The highest BCUT2D eigenvalue weighted by Crippen LogP contribution is 2.42. The van der Waals surface area contributed by atoms with Gasteiger partial charge in [0.05, 0.1) is 0 Å². The Morgan fingerprint density at radius 1 is 0.923 bits per heavy atom. The lowest BCUT2D eigenvalue weighted by molar-refractivity contribution is 0.471. The van der Waals surface area contributed by atoms with E-state index in [1.807, 2.05) is 0 Å². The van der Waals surface area contributed by atoms with Crippen LogP contribution < -0.4 is 0 Å². The van der Waals surface area contributed by atoms with E-state index in [0.29, 0.717) is 12.3 Å². The van der Waals surface area contributed by atoms with Gasteiger partial charge in [0, 0.05) is 12.3 Å². The lowest BCUT2D eigenvalue weighted by Crippen LogP contribution is -1.95. The minimum atomic E-state index is -2.75. The van der Waals surface area contributed by atoms with Gasteiger partial charge in [-0.05, 0) is 12.8 Å². The molecule has 0 aliphatic heterocycles. The molecule has 0 amide bonds. The lowest BCUT2D eigenvalue weighted by atomic mass is 10.3. The monoisotopic (exact) mass is 206 g/mol. The van der Waals surface area contributed by atoms with Gasteiger partial charge < -0.3 is 4.89 Å². The maximum absolute atomic E-state index is 11.5. The van der Waals surface area contributed by atoms with Crippen LogP contribution in [0.1, 0.15) is 52.4 Å². The predicted octanol–water partition coefficient (Wildman–Crippen LogP) is 3.64. The van der Waals surface area contributed by atoms with Crippen molar-refractivity contribution in [2.45, 2.75) is 52.4 Å². The fraction of sp³-hybridized carbons (Fsp3) is 1.00. The summed E-state index contributed by atoms with van der Waals surface area (Å²) in [4.78, 5) is 9.52. The zero-order chi connectivity index (χ0) is 10.2. The molecule has 0 spiro atoms. The zero-order valence-corrected chi connectivity index (χ0v) is 9.85. The van der Waals surface area contributed by atoms with E-state index in [4.69, 9.17) is 0 Å². The number of hydrogen-bond acceptors (Lipinski definition) is 1. The summed E-state index contributed by atoms with van der Waals surface area (Å²) >= 11 is 0. The van der Waals surface area contributed by atoms with Crippen molar-refractivity contribution >= 4 is 7.37 Å². The summed E-state index contributed by atoms with van der Waals surface area (Å²) in [6.07, 6.45) is 7.29. The van der Waals surface area contributed by atoms with Crippen molar-refractivity contribution in [1.82, 2.24) is 0 Å². The van der Waals surface area contributed by atoms with E-state index in [1.54, 1.807) is 0 Å². The van der Waals surface area contributed by atoms with Gasteiger partial charge in [-0.1, -0.05) is 39.5 Å². The maximum Gasteiger partial charge on any atom is 0.200 e.